The molecule has 2 aromatic rings. The third kappa shape index (κ3) is 5.18. The van der Waals surface area contributed by atoms with Crippen molar-refractivity contribution in [3.05, 3.63) is 52.2 Å². The monoisotopic (exact) mass is 362 g/mol. The van der Waals surface area contributed by atoms with Crippen LogP contribution in [0.15, 0.2) is 46.7 Å². The van der Waals surface area contributed by atoms with Crippen LogP contribution in [0.5, 0.6) is 11.5 Å². The molecule has 0 spiro atoms. The Hall–Kier alpha value is -3.14. The van der Waals surface area contributed by atoms with Gasteiger partial charge in [0.1, 0.15) is 0 Å². The Morgan fingerprint density at radius 3 is 2.96 bits per heavy atom. The second-order valence-corrected chi connectivity index (χ2v) is 5.59. The van der Waals surface area contributed by atoms with Crippen molar-refractivity contribution in [3.63, 3.8) is 0 Å². The third-order valence-electron chi connectivity index (χ3n) is 2.90. The first kappa shape index (κ1) is 18.2. The zero-order valence-electron chi connectivity index (χ0n) is 13.1. The number of phenols is 1. The molecule has 0 saturated heterocycles. The van der Waals surface area contributed by atoms with Crippen molar-refractivity contribution >= 4 is 29.6 Å². The van der Waals surface area contributed by atoms with Gasteiger partial charge in [0.05, 0.1) is 35.1 Å². The molecule has 1 amide bonds. The maximum absolute atomic E-state index is 11.7. The number of non-ortho nitro benzene ring substituents is 1. The largest absolute Gasteiger partial charge is 0.504 e. The Kier molecular flexibility index (Phi) is 6.29. The molecular formula is C15H14N4O5S. The molecule has 9 nitrogen and oxygen atoms in total. The molecule has 25 heavy (non-hydrogen) atoms. The number of aromatic nitrogens is 1. The molecule has 10 heteroatoms. The molecule has 0 bridgehead atoms. The molecule has 1 aromatic heterocycles. The van der Waals surface area contributed by atoms with Gasteiger partial charge in [-0.15, -0.1) is 0 Å². The molecule has 1 aromatic carbocycles. The highest BCUT2D eigenvalue weighted by atomic mass is 32.2. The first-order chi connectivity index (χ1) is 12.0. The Morgan fingerprint density at radius 1 is 1.52 bits per heavy atom. The van der Waals surface area contributed by atoms with Crippen LogP contribution < -0.4 is 10.2 Å². The first-order valence-corrected chi connectivity index (χ1v) is 7.91. The predicted octanol–water partition coefficient (Wildman–Crippen LogP) is 1.95. The molecule has 0 unspecified atom stereocenters. The number of nitro groups is 1. The highest BCUT2D eigenvalue weighted by Gasteiger charge is 2.15. The number of methoxy groups -OCH3 is 1. The Labute approximate surface area is 146 Å². The van der Waals surface area contributed by atoms with Gasteiger partial charge in [0.2, 0.25) is 5.91 Å². The number of hydrazone groups is 1. The number of hydrogen-bond acceptors (Lipinski definition) is 8. The van der Waals surface area contributed by atoms with E-state index in [9.17, 15) is 20.0 Å². The molecule has 0 aliphatic heterocycles. The van der Waals surface area contributed by atoms with Crippen LogP contribution in [0.25, 0.3) is 0 Å². The van der Waals surface area contributed by atoms with Crippen molar-refractivity contribution in [1.29, 1.82) is 0 Å². The van der Waals surface area contributed by atoms with Crippen LogP contribution in [0, 0.1) is 10.1 Å². The summed E-state index contributed by atoms with van der Waals surface area (Å²) in [5, 5.41) is 25.2. The lowest BCUT2D eigenvalue weighted by Gasteiger charge is -2.06. The Balaban J connectivity index is 2.00. The lowest BCUT2D eigenvalue weighted by molar-refractivity contribution is -0.385. The number of thioether (sulfide) groups is 1. The number of amides is 1. The van der Waals surface area contributed by atoms with E-state index in [-0.39, 0.29) is 34.4 Å². The highest BCUT2D eigenvalue weighted by Crippen LogP contribution is 2.33. The average Bonchev–Trinajstić information content (AvgIpc) is 2.62. The van der Waals surface area contributed by atoms with Crippen LogP contribution in [0.2, 0.25) is 0 Å². The number of carbonyl (C=O) groups is 1. The van der Waals surface area contributed by atoms with E-state index in [0.717, 1.165) is 18.3 Å². The van der Waals surface area contributed by atoms with Crippen molar-refractivity contribution in [2.24, 2.45) is 5.10 Å². The number of phenolic OH excluding ortho intramolecular Hbond substituents is 1. The minimum Gasteiger partial charge on any atom is -0.504 e. The SMILES string of the molecule is COc1cc([N+](=O)[O-])cc(/C=N/NC(=O)CSc2ccccn2)c1O. The summed E-state index contributed by atoms with van der Waals surface area (Å²) in [5.74, 6) is -0.663. The molecule has 130 valence electrons. The van der Waals surface area contributed by atoms with Crippen LogP contribution in [0.4, 0.5) is 5.69 Å². The molecule has 2 rings (SSSR count). The van der Waals surface area contributed by atoms with Crippen LogP contribution >= 0.6 is 11.8 Å². The van der Waals surface area contributed by atoms with Gasteiger partial charge in [0.15, 0.2) is 11.5 Å². The smallest absolute Gasteiger partial charge is 0.274 e. The number of nitrogens with zero attached hydrogens (tertiary/aromatic N) is 3. The number of nitrogens with one attached hydrogen (secondary N) is 1. The number of aromatic hydroxyl groups is 1. The molecule has 2 N–H and O–H groups in total. The summed E-state index contributed by atoms with van der Waals surface area (Å²) in [7, 11) is 1.27. The first-order valence-electron chi connectivity index (χ1n) is 6.92. The summed E-state index contributed by atoms with van der Waals surface area (Å²) in [4.78, 5) is 26.0. The van der Waals surface area contributed by atoms with Gasteiger partial charge in [-0.05, 0) is 12.1 Å². The minimum absolute atomic E-state index is 0.0451. The number of rotatable bonds is 7. The maximum Gasteiger partial charge on any atom is 0.274 e. The molecule has 0 fully saturated rings. The van der Waals surface area contributed by atoms with Gasteiger partial charge in [-0.1, -0.05) is 17.8 Å². The number of benzene rings is 1. The summed E-state index contributed by atoms with van der Waals surface area (Å²) < 4.78 is 4.88. The fourth-order valence-electron chi connectivity index (χ4n) is 1.75. The predicted molar refractivity (Wildman–Crippen MR) is 92.0 cm³/mol. The van der Waals surface area contributed by atoms with Gasteiger partial charge in [-0.2, -0.15) is 5.10 Å². The van der Waals surface area contributed by atoms with E-state index in [1.165, 1.54) is 18.9 Å². The van der Waals surface area contributed by atoms with Crippen molar-refractivity contribution in [2.75, 3.05) is 12.9 Å². The highest BCUT2D eigenvalue weighted by molar-refractivity contribution is 7.99. The lowest BCUT2D eigenvalue weighted by Crippen LogP contribution is -2.19. The summed E-state index contributed by atoms with van der Waals surface area (Å²) in [5.41, 5.74) is 2.05. The van der Waals surface area contributed by atoms with E-state index in [2.05, 4.69) is 15.5 Å². The molecular weight excluding hydrogens is 348 g/mol. The van der Waals surface area contributed by atoms with Crippen molar-refractivity contribution in [3.8, 4) is 11.5 Å². The van der Waals surface area contributed by atoms with E-state index in [0.29, 0.717) is 5.03 Å². The average molecular weight is 362 g/mol. The second kappa shape index (κ2) is 8.64. The zero-order chi connectivity index (χ0) is 18.2. The summed E-state index contributed by atoms with van der Waals surface area (Å²) >= 11 is 1.23. The van der Waals surface area contributed by atoms with Crippen LogP contribution in [0.3, 0.4) is 0 Å². The van der Waals surface area contributed by atoms with Crippen LogP contribution in [-0.4, -0.2) is 40.0 Å². The van der Waals surface area contributed by atoms with Crippen molar-refractivity contribution in [2.45, 2.75) is 5.03 Å². The Bertz CT molecular complexity index is 798. The van der Waals surface area contributed by atoms with Crippen molar-refractivity contribution < 1.29 is 19.6 Å². The van der Waals surface area contributed by atoms with Gasteiger partial charge in [-0.25, -0.2) is 10.4 Å². The molecule has 0 aliphatic rings. The molecule has 0 aliphatic carbocycles. The second-order valence-electron chi connectivity index (χ2n) is 4.59. The Morgan fingerprint density at radius 2 is 2.32 bits per heavy atom. The summed E-state index contributed by atoms with van der Waals surface area (Å²) in [6.45, 7) is 0. The van der Waals surface area contributed by atoms with E-state index in [1.54, 1.807) is 18.3 Å². The number of hydrogen-bond donors (Lipinski definition) is 2. The van der Waals surface area contributed by atoms with E-state index >= 15 is 0 Å². The van der Waals surface area contributed by atoms with Gasteiger partial charge >= 0.3 is 0 Å². The van der Waals surface area contributed by atoms with E-state index < -0.39 is 4.92 Å². The van der Waals surface area contributed by atoms with E-state index in [1.807, 2.05) is 6.07 Å². The quantitative estimate of drug-likeness (QED) is 0.333. The normalized spacial score (nSPS) is 10.6. The van der Waals surface area contributed by atoms with Gasteiger partial charge < -0.3 is 9.84 Å². The molecule has 0 saturated carbocycles. The summed E-state index contributed by atoms with van der Waals surface area (Å²) in [6.07, 6.45) is 2.73. The molecule has 1 heterocycles. The minimum atomic E-state index is -0.624. The number of nitro benzene ring substituents is 1. The van der Waals surface area contributed by atoms with Gasteiger partial charge in [0, 0.05) is 17.8 Å². The van der Waals surface area contributed by atoms with E-state index in [4.69, 9.17) is 4.74 Å². The van der Waals surface area contributed by atoms with Gasteiger partial charge in [-0.3, -0.25) is 14.9 Å². The topological polar surface area (TPSA) is 127 Å². The standard InChI is InChI=1S/C15H14N4O5S/c1-24-12-7-11(19(22)23)6-10(15(12)21)8-17-18-13(20)9-25-14-4-2-3-5-16-14/h2-8,21H,9H2,1H3,(H,18,20)/b17-8+. The zero-order valence-corrected chi connectivity index (χ0v) is 13.9. The maximum atomic E-state index is 11.7. The third-order valence-corrected chi connectivity index (χ3v) is 3.85. The number of ether oxygens (including phenoxy) is 1. The van der Waals surface area contributed by atoms with Crippen LogP contribution in [-0.2, 0) is 4.79 Å². The summed E-state index contributed by atoms with van der Waals surface area (Å²) in [6, 6.07) is 7.57. The number of pyridine rings is 1. The van der Waals surface area contributed by atoms with Gasteiger partial charge in [0.25, 0.3) is 5.69 Å². The lowest BCUT2D eigenvalue weighted by atomic mass is 10.2. The van der Waals surface area contributed by atoms with Crippen molar-refractivity contribution in [1.82, 2.24) is 10.4 Å². The molecule has 0 radical (unpaired) electrons. The van der Waals surface area contributed by atoms with Crippen LogP contribution in [0.1, 0.15) is 5.56 Å². The number of carbonyl (C=O) groups excluding carboxylic acids is 1. The fourth-order valence-corrected chi connectivity index (χ4v) is 2.41. The fraction of sp³-hybridized carbons (Fsp3) is 0.133. The molecule has 0 atom stereocenters.